The number of methoxy groups -OCH3 is 1. The first-order valence-corrected chi connectivity index (χ1v) is 8.44. The lowest BCUT2D eigenvalue weighted by Crippen LogP contribution is -2.46. The van der Waals surface area contributed by atoms with Gasteiger partial charge in [0.1, 0.15) is 5.82 Å². The van der Waals surface area contributed by atoms with Gasteiger partial charge in [0, 0.05) is 37.9 Å². The summed E-state index contributed by atoms with van der Waals surface area (Å²) < 4.78 is 25.0. The monoisotopic (exact) mass is 343 g/mol. The van der Waals surface area contributed by atoms with Gasteiger partial charge in [-0.1, -0.05) is 36.4 Å². The van der Waals surface area contributed by atoms with Gasteiger partial charge < -0.3 is 14.4 Å². The minimum atomic E-state index is -0.331. The van der Waals surface area contributed by atoms with Crippen LogP contribution < -0.4 is 0 Å². The summed E-state index contributed by atoms with van der Waals surface area (Å²) in [5.41, 5.74) is 1.57. The highest BCUT2D eigenvalue weighted by Gasteiger charge is 2.26. The number of ether oxygens (including phenoxy) is 2. The third-order valence-electron chi connectivity index (χ3n) is 4.39. The Bertz CT molecular complexity index is 734. The first kappa shape index (κ1) is 17.6. The Balaban J connectivity index is 1.84. The fraction of sp³-hybridized carbons (Fsp3) is 0.350. The zero-order valence-electron chi connectivity index (χ0n) is 14.3. The van der Waals surface area contributed by atoms with Gasteiger partial charge in [0.2, 0.25) is 0 Å². The molecule has 0 saturated carbocycles. The van der Waals surface area contributed by atoms with Crippen LogP contribution in [0.1, 0.15) is 16.8 Å². The standard InChI is InChI=1S/C20H22FNO3/c1-24-12-10-15-14-22(11-13-25-15)20(23)18-8-3-2-6-16(18)17-7-4-5-9-19(17)21/h2-9,15H,10-14H2,1H3/t15-/m1/s1. The molecule has 0 spiro atoms. The molecule has 2 aromatic carbocycles. The van der Waals surface area contributed by atoms with Crippen LogP contribution in [0.4, 0.5) is 4.39 Å². The second kappa shape index (κ2) is 8.23. The van der Waals surface area contributed by atoms with Crippen molar-refractivity contribution in [2.45, 2.75) is 12.5 Å². The molecule has 0 bridgehead atoms. The van der Waals surface area contributed by atoms with Crippen LogP contribution in [0.2, 0.25) is 0 Å². The fourth-order valence-corrected chi connectivity index (χ4v) is 3.08. The molecule has 2 aromatic rings. The van der Waals surface area contributed by atoms with Gasteiger partial charge in [-0.3, -0.25) is 4.79 Å². The second-order valence-corrected chi connectivity index (χ2v) is 6.05. The summed E-state index contributed by atoms with van der Waals surface area (Å²) in [6.07, 6.45) is 0.716. The molecule has 0 aromatic heterocycles. The third kappa shape index (κ3) is 4.06. The lowest BCUT2D eigenvalue weighted by molar-refractivity contribution is -0.0332. The maximum absolute atomic E-state index is 14.2. The largest absolute Gasteiger partial charge is 0.385 e. The van der Waals surface area contributed by atoms with Crippen molar-refractivity contribution >= 4 is 5.91 Å². The number of amides is 1. The Morgan fingerprint density at radius 2 is 1.92 bits per heavy atom. The zero-order chi connectivity index (χ0) is 17.6. The molecule has 0 unspecified atom stereocenters. The Labute approximate surface area is 147 Å². The summed E-state index contributed by atoms with van der Waals surface area (Å²) in [7, 11) is 1.65. The van der Waals surface area contributed by atoms with Gasteiger partial charge in [-0.2, -0.15) is 0 Å². The van der Waals surface area contributed by atoms with Crippen molar-refractivity contribution in [2.24, 2.45) is 0 Å². The number of rotatable bonds is 5. The van der Waals surface area contributed by atoms with Crippen molar-refractivity contribution in [1.82, 2.24) is 4.90 Å². The van der Waals surface area contributed by atoms with Crippen molar-refractivity contribution < 1.29 is 18.7 Å². The maximum atomic E-state index is 14.2. The molecular formula is C20H22FNO3. The SMILES string of the molecule is COCC[C@@H]1CN(C(=O)c2ccccc2-c2ccccc2F)CCO1. The van der Waals surface area contributed by atoms with Crippen LogP contribution in [-0.2, 0) is 9.47 Å². The van der Waals surface area contributed by atoms with E-state index in [2.05, 4.69) is 0 Å². The molecule has 1 atom stereocenters. The highest BCUT2D eigenvalue weighted by molar-refractivity contribution is 6.01. The van der Waals surface area contributed by atoms with Gasteiger partial charge in [-0.15, -0.1) is 0 Å². The topological polar surface area (TPSA) is 38.8 Å². The van der Waals surface area contributed by atoms with E-state index in [0.29, 0.717) is 43.0 Å². The van der Waals surface area contributed by atoms with E-state index >= 15 is 0 Å². The molecule has 5 heteroatoms. The molecule has 1 amide bonds. The number of hydrogen-bond acceptors (Lipinski definition) is 3. The molecule has 0 N–H and O–H groups in total. The van der Waals surface area contributed by atoms with Crippen LogP contribution in [0.5, 0.6) is 0 Å². The molecule has 1 heterocycles. The van der Waals surface area contributed by atoms with Crippen molar-refractivity contribution in [3.8, 4) is 11.1 Å². The summed E-state index contributed by atoms with van der Waals surface area (Å²) in [5, 5.41) is 0. The van der Waals surface area contributed by atoms with Gasteiger partial charge in [0.05, 0.1) is 12.7 Å². The highest BCUT2D eigenvalue weighted by atomic mass is 19.1. The highest BCUT2D eigenvalue weighted by Crippen LogP contribution is 2.27. The molecule has 1 aliphatic rings. The predicted molar refractivity (Wildman–Crippen MR) is 94.0 cm³/mol. The number of nitrogens with zero attached hydrogens (tertiary/aromatic N) is 1. The van der Waals surface area contributed by atoms with E-state index in [4.69, 9.17) is 9.47 Å². The van der Waals surface area contributed by atoms with Crippen LogP contribution >= 0.6 is 0 Å². The van der Waals surface area contributed by atoms with E-state index in [1.165, 1.54) is 6.07 Å². The molecule has 0 aliphatic carbocycles. The zero-order valence-corrected chi connectivity index (χ0v) is 14.3. The lowest BCUT2D eigenvalue weighted by atomic mass is 9.98. The van der Waals surface area contributed by atoms with Gasteiger partial charge in [0.25, 0.3) is 5.91 Å². The lowest BCUT2D eigenvalue weighted by Gasteiger charge is -2.33. The van der Waals surface area contributed by atoms with E-state index in [-0.39, 0.29) is 17.8 Å². The van der Waals surface area contributed by atoms with Gasteiger partial charge >= 0.3 is 0 Å². The number of carbonyl (C=O) groups is 1. The van der Waals surface area contributed by atoms with Crippen molar-refractivity contribution in [2.75, 3.05) is 33.4 Å². The normalized spacial score (nSPS) is 17.5. The molecule has 25 heavy (non-hydrogen) atoms. The Kier molecular flexibility index (Phi) is 5.79. The fourth-order valence-electron chi connectivity index (χ4n) is 3.08. The molecular weight excluding hydrogens is 321 g/mol. The smallest absolute Gasteiger partial charge is 0.254 e. The van der Waals surface area contributed by atoms with Crippen LogP contribution in [0.3, 0.4) is 0 Å². The quantitative estimate of drug-likeness (QED) is 0.835. The summed E-state index contributed by atoms with van der Waals surface area (Å²) in [5.74, 6) is -0.424. The maximum Gasteiger partial charge on any atom is 0.254 e. The molecule has 1 aliphatic heterocycles. The summed E-state index contributed by atoms with van der Waals surface area (Å²) in [4.78, 5) is 14.8. The van der Waals surface area contributed by atoms with Crippen molar-refractivity contribution in [3.63, 3.8) is 0 Å². The first-order valence-electron chi connectivity index (χ1n) is 8.44. The van der Waals surface area contributed by atoms with Crippen LogP contribution in [-0.4, -0.2) is 50.3 Å². The van der Waals surface area contributed by atoms with Crippen LogP contribution in [0.15, 0.2) is 48.5 Å². The molecule has 132 valence electrons. The second-order valence-electron chi connectivity index (χ2n) is 6.05. The van der Waals surface area contributed by atoms with Crippen molar-refractivity contribution in [1.29, 1.82) is 0 Å². The molecule has 1 saturated heterocycles. The summed E-state index contributed by atoms with van der Waals surface area (Å²) in [6.45, 7) is 2.15. The average molecular weight is 343 g/mol. The number of benzene rings is 2. The minimum absolute atomic E-state index is 0.0294. The van der Waals surface area contributed by atoms with Crippen LogP contribution in [0, 0.1) is 5.82 Å². The average Bonchev–Trinajstić information content (AvgIpc) is 2.66. The van der Waals surface area contributed by atoms with Crippen LogP contribution in [0.25, 0.3) is 11.1 Å². The molecule has 1 fully saturated rings. The number of carbonyl (C=O) groups excluding carboxylic acids is 1. The summed E-state index contributed by atoms with van der Waals surface area (Å²) in [6, 6.07) is 13.7. The van der Waals surface area contributed by atoms with E-state index in [0.717, 1.165) is 6.42 Å². The third-order valence-corrected chi connectivity index (χ3v) is 4.39. The predicted octanol–water partition coefficient (Wildman–Crippen LogP) is 3.37. The van der Waals surface area contributed by atoms with Gasteiger partial charge in [-0.25, -0.2) is 4.39 Å². The number of hydrogen-bond donors (Lipinski definition) is 0. The van der Waals surface area contributed by atoms with Crippen molar-refractivity contribution in [3.05, 3.63) is 59.9 Å². The van der Waals surface area contributed by atoms with E-state index < -0.39 is 0 Å². The van der Waals surface area contributed by atoms with Gasteiger partial charge in [-0.05, 0) is 24.1 Å². The first-order chi connectivity index (χ1) is 12.2. The van der Waals surface area contributed by atoms with E-state index in [1.807, 2.05) is 6.07 Å². The molecule has 3 rings (SSSR count). The minimum Gasteiger partial charge on any atom is -0.385 e. The Morgan fingerprint density at radius 1 is 1.20 bits per heavy atom. The number of morpholine rings is 1. The summed E-state index contributed by atoms with van der Waals surface area (Å²) >= 11 is 0. The van der Waals surface area contributed by atoms with Gasteiger partial charge in [0.15, 0.2) is 0 Å². The Hall–Kier alpha value is -2.24. The number of halogens is 1. The molecule has 4 nitrogen and oxygen atoms in total. The van der Waals surface area contributed by atoms with E-state index in [9.17, 15) is 9.18 Å². The molecule has 0 radical (unpaired) electrons. The van der Waals surface area contributed by atoms with E-state index in [1.54, 1.807) is 48.4 Å². The Morgan fingerprint density at radius 3 is 2.68 bits per heavy atom.